The topological polar surface area (TPSA) is 59.0 Å². The smallest absolute Gasteiger partial charge is 0.138 e. The second-order valence-corrected chi connectivity index (χ2v) is 4.24. The molecule has 0 amide bonds. The van der Waals surface area contributed by atoms with Gasteiger partial charge in [-0.25, -0.2) is 4.39 Å². The van der Waals surface area contributed by atoms with Gasteiger partial charge in [0.1, 0.15) is 18.2 Å². The Morgan fingerprint density at radius 1 is 1.14 bits per heavy atom. The van der Waals surface area contributed by atoms with E-state index in [1.807, 2.05) is 6.07 Å². The summed E-state index contributed by atoms with van der Waals surface area (Å²) in [6.45, 7) is 0.481. The molecule has 0 heterocycles. The van der Waals surface area contributed by atoms with Gasteiger partial charge >= 0.3 is 0 Å². The van der Waals surface area contributed by atoms with E-state index >= 15 is 0 Å². The summed E-state index contributed by atoms with van der Waals surface area (Å²) in [6.07, 6.45) is 0. The standard InChI is InChI=1S/C17H13FN2O/c18-17-8-5-14(10-15(17)2-1-9-19)12-21-16-6-3-13(11-20)4-7-16/h3-8,10H,9,12,19H2. The molecule has 2 N–H and O–H groups in total. The van der Waals surface area contributed by atoms with Gasteiger partial charge in [-0.15, -0.1) is 0 Å². The first-order chi connectivity index (χ1) is 10.2. The number of halogens is 1. The zero-order valence-electron chi connectivity index (χ0n) is 11.3. The number of hydrogen-bond donors (Lipinski definition) is 1. The van der Waals surface area contributed by atoms with Crippen LogP contribution in [0.1, 0.15) is 16.7 Å². The van der Waals surface area contributed by atoms with Gasteiger partial charge < -0.3 is 10.5 Å². The molecule has 0 aliphatic carbocycles. The lowest BCUT2D eigenvalue weighted by Gasteiger charge is -2.07. The molecule has 0 aliphatic rings. The van der Waals surface area contributed by atoms with E-state index in [-0.39, 0.29) is 12.4 Å². The number of nitrogens with two attached hydrogens (primary N) is 1. The van der Waals surface area contributed by atoms with Crippen LogP contribution in [0.5, 0.6) is 5.75 Å². The van der Waals surface area contributed by atoms with E-state index in [9.17, 15) is 4.39 Å². The van der Waals surface area contributed by atoms with Crippen LogP contribution in [0.15, 0.2) is 42.5 Å². The first-order valence-electron chi connectivity index (χ1n) is 6.33. The van der Waals surface area contributed by atoms with Crippen molar-refractivity contribution in [2.75, 3.05) is 6.54 Å². The third-order valence-electron chi connectivity index (χ3n) is 2.74. The molecule has 0 saturated heterocycles. The molecule has 21 heavy (non-hydrogen) atoms. The average Bonchev–Trinajstić information content (AvgIpc) is 2.53. The van der Waals surface area contributed by atoms with Crippen LogP contribution in [0.3, 0.4) is 0 Å². The number of benzene rings is 2. The van der Waals surface area contributed by atoms with Crippen LogP contribution in [0, 0.1) is 29.0 Å². The molecule has 0 saturated carbocycles. The van der Waals surface area contributed by atoms with E-state index in [1.54, 1.807) is 36.4 Å². The van der Waals surface area contributed by atoms with Crippen LogP contribution in [-0.4, -0.2) is 6.54 Å². The zero-order chi connectivity index (χ0) is 15.1. The first-order valence-corrected chi connectivity index (χ1v) is 6.33. The molecule has 0 aromatic heterocycles. The summed E-state index contributed by atoms with van der Waals surface area (Å²) in [5.41, 5.74) is 6.97. The highest BCUT2D eigenvalue weighted by Crippen LogP contribution is 2.15. The fourth-order valence-corrected chi connectivity index (χ4v) is 1.70. The maximum atomic E-state index is 13.5. The van der Waals surface area contributed by atoms with E-state index in [0.717, 1.165) is 5.56 Å². The summed E-state index contributed by atoms with van der Waals surface area (Å²) in [5.74, 6) is 5.58. The predicted molar refractivity (Wildman–Crippen MR) is 77.8 cm³/mol. The SMILES string of the molecule is N#Cc1ccc(OCc2ccc(F)c(C#CCN)c2)cc1. The number of ether oxygens (including phenoxy) is 1. The van der Waals surface area contributed by atoms with E-state index in [4.69, 9.17) is 15.7 Å². The molecule has 2 aromatic carbocycles. The zero-order valence-corrected chi connectivity index (χ0v) is 11.3. The van der Waals surface area contributed by atoms with Crippen molar-refractivity contribution in [1.82, 2.24) is 0 Å². The highest BCUT2D eigenvalue weighted by molar-refractivity contribution is 5.39. The van der Waals surface area contributed by atoms with Crippen LogP contribution in [0.4, 0.5) is 4.39 Å². The Balaban J connectivity index is 2.07. The summed E-state index contributed by atoms with van der Waals surface area (Å²) in [7, 11) is 0. The molecule has 2 aromatic rings. The minimum Gasteiger partial charge on any atom is -0.489 e. The quantitative estimate of drug-likeness (QED) is 0.879. The van der Waals surface area contributed by atoms with Crippen molar-refractivity contribution in [2.24, 2.45) is 5.73 Å². The number of nitriles is 1. The molecular formula is C17H13FN2O. The van der Waals surface area contributed by atoms with E-state index in [2.05, 4.69) is 11.8 Å². The predicted octanol–water partition coefficient (Wildman–Crippen LogP) is 2.59. The molecule has 0 aliphatic heterocycles. The molecule has 0 unspecified atom stereocenters. The third-order valence-corrected chi connectivity index (χ3v) is 2.74. The monoisotopic (exact) mass is 280 g/mol. The van der Waals surface area contributed by atoms with Crippen LogP contribution in [0.2, 0.25) is 0 Å². The van der Waals surface area contributed by atoms with E-state index < -0.39 is 0 Å². The third kappa shape index (κ3) is 4.07. The number of hydrogen-bond acceptors (Lipinski definition) is 3. The van der Waals surface area contributed by atoms with Gasteiger partial charge in [0.15, 0.2) is 0 Å². The van der Waals surface area contributed by atoms with E-state index in [0.29, 0.717) is 23.5 Å². The molecule has 0 spiro atoms. The minimum atomic E-state index is -0.377. The Morgan fingerprint density at radius 3 is 2.57 bits per heavy atom. The van der Waals surface area contributed by atoms with Gasteiger partial charge in [-0.1, -0.05) is 17.9 Å². The van der Waals surface area contributed by atoms with Crippen molar-refractivity contribution in [3.8, 4) is 23.7 Å². The maximum Gasteiger partial charge on any atom is 0.138 e. The van der Waals surface area contributed by atoms with Gasteiger partial charge in [-0.05, 0) is 42.0 Å². The molecule has 0 fully saturated rings. The lowest BCUT2D eigenvalue weighted by molar-refractivity contribution is 0.306. The second kappa shape index (κ2) is 7.09. The Hall–Kier alpha value is -2.82. The first kappa shape index (κ1) is 14.6. The normalized spacial score (nSPS) is 9.38. The average molecular weight is 280 g/mol. The highest BCUT2D eigenvalue weighted by Gasteiger charge is 2.02. The molecule has 0 radical (unpaired) electrons. The number of nitrogens with zero attached hydrogens (tertiary/aromatic N) is 1. The summed E-state index contributed by atoms with van der Waals surface area (Å²) in [4.78, 5) is 0. The summed E-state index contributed by atoms with van der Waals surface area (Å²) < 4.78 is 19.1. The summed E-state index contributed by atoms with van der Waals surface area (Å²) >= 11 is 0. The van der Waals surface area contributed by atoms with Gasteiger partial charge in [0.05, 0.1) is 23.7 Å². The van der Waals surface area contributed by atoms with Gasteiger partial charge in [-0.2, -0.15) is 5.26 Å². The van der Waals surface area contributed by atoms with Gasteiger partial charge in [0.2, 0.25) is 0 Å². The Kier molecular flexibility index (Phi) is 4.93. The molecule has 4 heteroatoms. The van der Waals surface area contributed by atoms with Crippen LogP contribution in [-0.2, 0) is 6.61 Å². The highest BCUT2D eigenvalue weighted by atomic mass is 19.1. The molecule has 104 valence electrons. The second-order valence-electron chi connectivity index (χ2n) is 4.24. The minimum absolute atomic E-state index is 0.186. The van der Waals surface area contributed by atoms with Crippen molar-refractivity contribution in [2.45, 2.75) is 6.61 Å². The maximum absolute atomic E-state index is 13.5. The molecule has 3 nitrogen and oxygen atoms in total. The summed E-state index contributed by atoms with van der Waals surface area (Å²) in [5, 5.41) is 8.72. The van der Waals surface area contributed by atoms with Gasteiger partial charge in [0.25, 0.3) is 0 Å². The van der Waals surface area contributed by atoms with Crippen molar-refractivity contribution in [3.05, 3.63) is 65.0 Å². The van der Waals surface area contributed by atoms with Gasteiger partial charge in [0, 0.05) is 0 Å². The molecule has 2 rings (SSSR count). The van der Waals surface area contributed by atoms with Crippen LogP contribution in [0.25, 0.3) is 0 Å². The van der Waals surface area contributed by atoms with E-state index in [1.165, 1.54) is 6.07 Å². The largest absolute Gasteiger partial charge is 0.489 e. The summed E-state index contributed by atoms with van der Waals surface area (Å²) in [6, 6.07) is 13.5. The van der Waals surface area contributed by atoms with Crippen molar-refractivity contribution < 1.29 is 9.13 Å². The molecule has 0 bridgehead atoms. The number of rotatable bonds is 3. The van der Waals surface area contributed by atoms with Crippen molar-refractivity contribution in [3.63, 3.8) is 0 Å². The molecule has 0 atom stereocenters. The molecular weight excluding hydrogens is 267 g/mol. The Bertz CT molecular complexity index is 721. The fourth-order valence-electron chi connectivity index (χ4n) is 1.70. The van der Waals surface area contributed by atoms with Gasteiger partial charge in [-0.3, -0.25) is 0 Å². The van der Waals surface area contributed by atoms with Crippen molar-refractivity contribution >= 4 is 0 Å². The lowest BCUT2D eigenvalue weighted by atomic mass is 10.1. The van der Waals surface area contributed by atoms with Crippen LogP contribution >= 0.6 is 0 Å². The van der Waals surface area contributed by atoms with Crippen LogP contribution < -0.4 is 10.5 Å². The van der Waals surface area contributed by atoms with Crippen molar-refractivity contribution in [1.29, 1.82) is 5.26 Å². The Morgan fingerprint density at radius 2 is 1.90 bits per heavy atom. The Labute approximate surface area is 122 Å². The fraction of sp³-hybridized carbons (Fsp3) is 0.118. The lowest BCUT2D eigenvalue weighted by Crippen LogP contribution is -1.98.